The van der Waals surface area contributed by atoms with Crippen LogP contribution in [0.25, 0.3) is 11.2 Å². The summed E-state index contributed by atoms with van der Waals surface area (Å²) in [4.78, 5) is 88.3. The zero-order chi connectivity index (χ0) is 54.6. The molecule has 0 spiro atoms. The maximum atomic E-state index is 12.8. The van der Waals surface area contributed by atoms with Crippen molar-refractivity contribution in [2.45, 2.75) is 180 Å². The number of aliphatic hydroxyl groups is 2. The van der Waals surface area contributed by atoms with Gasteiger partial charge >= 0.3 is 23.5 Å². The van der Waals surface area contributed by atoms with Gasteiger partial charge in [-0.3, -0.25) is 32.5 Å². The Labute approximate surface area is 437 Å². The third-order valence-electron chi connectivity index (χ3n) is 11.7. The Balaban J connectivity index is 1.25. The number of hydrogen-bond donors (Lipinski definition) is 9. The number of ether oxygens (including phenoxy) is 1. The first-order valence-electron chi connectivity index (χ1n) is 25.1. The molecule has 1 saturated heterocycles. The number of amides is 2. The lowest BCUT2D eigenvalue weighted by Crippen LogP contribution is -2.46. The van der Waals surface area contributed by atoms with Gasteiger partial charge in [0.2, 0.25) is 11.8 Å². The predicted octanol–water partition coefficient (Wildman–Crippen LogP) is 6.10. The molecule has 418 valence electrons. The van der Waals surface area contributed by atoms with Gasteiger partial charge in [0.15, 0.2) is 17.7 Å². The average Bonchev–Trinajstić information content (AvgIpc) is 3.90. The van der Waals surface area contributed by atoms with Crippen molar-refractivity contribution in [3.8, 4) is 23.7 Å². The van der Waals surface area contributed by atoms with Crippen LogP contribution in [0.2, 0.25) is 0 Å². The summed E-state index contributed by atoms with van der Waals surface area (Å²) in [6.45, 7) is 2.65. The first-order chi connectivity index (χ1) is 35.1. The van der Waals surface area contributed by atoms with Gasteiger partial charge in [0, 0.05) is 37.1 Å². The Hall–Kier alpha value is -3.32. The lowest BCUT2D eigenvalue weighted by molar-refractivity contribution is -0.137. The van der Waals surface area contributed by atoms with Crippen molar-refractivity contribution in [1.29, 1.82) is 0 Å². The lowest BCUT2D eigenvalue weighted by atomic mass is 9.87. The first-order valence-corrected chi connectivity index (χ1v) is 30.6. The van der Waals surface area contributed by atoms with E-state index in [0.29, 0.717) is 0 Å². The van der Waals surface area contributed by atoms with Crippen molar-refractivity contribution in [3.05, 3.63) is 12.7 Å². The second-order valence-electron chi connectivity index (χ2n) is 18.5. The van der Waals surface area contributed by atoms with Gasteiger partial charge in [-0.1, -0.05) is 148 Å². The van der Waals surface area contributed by atoms with Crippen LogP contribution in [0.4, 0.5) is 5.82 Å². The summed E-state index contributed by atoms with van der Waals surface area (Å²) in [5, 5.41) is 26.1. The number of anilines is 1. The molecule has 0 aromatic carbocycles. The van der Waals surface area contributed by atoms with Crippen LogP contribution < -0.4 is 16.4 Å². The Bertz CT molecular complexity index is 2340. The van der Waals surface area contributed by atoms with Crippen molar-refractivity contribution in [1.82, 2.24) is 30.2 Å². The number of carbonyl (C=O) groups excluding carboxylic acids is 3. The molecule has 2 aromatic heterocycles. The van der Waals surface area contributed by atoms with E-state index in [1.165, 1.54) is 117 Å². The molecule has 10 N–H and O–H groups in total. The van der Waals surface area contributed by atoms with E-state index in [0.717, 1.165) is 48.2 Å². The van der Waals surface area contributed by atoms with E-state index >= 15 is 0 Å². The van der Waals surface area contributed by atoms with E-state index in [1.807, 2.05) is 0 Å². The van der Waals surface area contributed by atoms with Gasteiger partial charge in [-0.15, -0.1) is 0 Å². The summed E-state index contributed by atoms with van der Waals surface area (Å²) in [5.74, 6) is 9.48. The summed E-state index contributed by atoms with van der Waals surface area (Å²) in [6, 6.07) is 0. The first kappa shape index (κ1) is 65.0. The van der Waals surface area contributed by atoms with Crippen molar-refractivity contribution in [2.75, 3.05) is 37.8 Å². The van der Waals surface area contributed by atoms with Crippen LogP contribution in [0, 0.1) is 29.1 Å². The highest BCUT2D eigenvalue weighted by molar-refractivity contribution is 8.14. The number of nitrogens with zero attached hydrogens (tertiary/aromatic N) is 4. The van der Waals surface area contributed by atoms with Crippen LogP contribution in [0.5, 0.6) is 0 Å². The summed E-state index contributed by atoms with van der Waals surface area (Å²) in [5.41, 5.74) is 4.26. The van der Waals surface area contributed by atoms with Crippen LogP contribution >= 0.6 is 35.2 Å². The normalized spacial score (nSPS) is 18.9. The Morgan fingerprint density at radius 3 is 2.01 bits per heavy atom. The molecule has 24 nitrogen and oxygen atoms in total. The number of fused-ring (bicyclic) bond motifs is 1. The molecule has 3 unspecified atom stereocenters. The molecule has 0 aliphatic carbocycles. The fraction of sp³-hybridized carbons (Fsp3) is 0.739. The zero-order valence-corrected chi connectivity index (χ0v) is 46.0. The molecule has 2 amide bonds. The molecule has 28 heteroatoms. The number of imidazole rings is 1. The number of thioether (sulfide) groups is 1. The molecule has 74 heavy (non-hydrogen) atoms. The summed E-state index contributed by atoms with van der Waals surface area (Å²) < 4.78 is 62.5. The average molecular weight is 1120 g/mol. The number of rotatable bonds is 37. The second kappa shape index (κ2) is 33.8. The van der Waals surface area contributed by atoms with Gasteiger partial charge < -0.3 is 50.9 Å². The summed E-state index contributed by atoms with van der Waals surface area (Å²) >= 11 is 0.921. The molecule has 3 heterocycles. The minimum Gasteiger partial charge on any atom is -0.386 e. The highest BCUT2D eigenvalue weighted by Gasteiger charge is 2.50. The minimum absolute atomic E-state index is 0.0289. The third kappa shape index (κ3) is 25.7. The van der Waals surface area contributed by atoms with E-state index in [2.05, 4.69) is 65.0 Å². The number of carbonyl (C=O) groups is 3. The second-order valence-corrected chi connectivity index (χ2v) is 23.8. The molecular formula is C46H76N7O17P3S. The zero-order valence-electron chi connectivity index (χ0n) is 42.5. The fourth-order valence-corrected chi connectivity index (χ4v) is 11.0. The maximum absolute atomic E-state index is 12.8. The summed E-state index contributed by atoms with van der Waals surface area (Å²) in [7, 11) is -16.4. The Kier molecular flexibility index (Phi) is 29.6. The molecule has 1 aliphatic rings. The van der Waals surface area contributed by atoms with Crippen LogP contribution in [0.1, 0.15) is 155 Å². The molecule has 1 aliphatic heterocycles. The molecule has 2 aromatic rings. The minimum atomic E-state index is -5.59. The quantitative estimate of drug-likeness (QED) is 0.0209. The number of aromatic nitrogens is 4. The van der Waals surface area contributed by atoms with Gasteiger partial charge in [-0.25, -0.2) is 28.6 Å². The lowest BCUT2D eigenvalue weighted by Gasteiger charge is -2.30. The molecule has 0 radical (unpaired) electrons. The van der Waals surface area contributed by atoms with Gasteiger partial charge in [0.25, 0.3) is 5.12 Å². The number of nitrogens with one attached hydrogen (secondary N) is 2. The van der Waals surface area contributed by atoms with Crippen LogP contribution in [-0.2, 0) is 50.7 Å². The standard InChI is InChI=1S/C46H76N7O17P3S/c1-4-5-6-7-8-9-10-11-12-13-14-15-16-17-18-19-20-21-22-23-24-25-26-37(55)74-30-29-48-36(54)27-28-49-44(58)41(57)46(2,3)32-67-73(64,65)70-72(62,63)66-31-35-40(69-71(59,60)61)39(56)45(68-35)53-34-52-38-42(47)50-33-51-43(38)53/h33-35,39-41,45,56-57H,4-22,27-32H2,1-3H3,(H,48,54)(H,49,58)(H,62,63)(H,64,65)(H2,47,50,51)(H2,59,60,61)/t35-,39-,40-,41?,45-/m1/s1. The number of hydrogen-bond acceptors (Lipinski definition) is 18. The van der Waals surface area contributed by atoms with Crippen LogP contribution in [0.3, 0.4) is 0 Å². The smallest absolute Gasteiger partial charge is 0.386 e. The van der Waals surface area contributed by atoms with Crippen LogP contribution in [-0.4, -0.2) is 123 Å². The van der Waals surface area contributed by atoms with E-state index in [9.17, 15) is 57.9 Å². The van der Waals surface area contributed by atoms with Crippen LogP contribution in [0.15, 0.2) is 12.7 Å². The van der Waals surface area contributed by atoms with Crippen molar-refractivity contribution < 1.29 is 80.5 Å². The molecule has 7 atom stereocenters. The van der Waals surface area contributed by atoms with E-state index in [-0.39, 0.29) is 42.2 Å². The number of phosphoric acid groups is 3. The van der Waals surface area contributed by atoms with Gasteiger partial charge in [0.1, 0.15) is 36.3 Å². The van der Waals surface area contributed by atoms with E-state index in [4.69, 9.17) is 19.5 Å². The number of unbranched alkanes of at least 4 members (excludes halogenated alkanes) is 18. The third-order valence-corrected chi connectivity index (χ3v) is 15.6. The topological polar surface area (TPSA) is 364 Å². The highest BCUT2D eigenvalue weighted by atomic mass is 32.2. The van der Waals surface area contributed by atoms with Crippen molar-refractivity contribution in [3.63, 3.8) is 0 Å². The SMILES string of the molecule is CCCCCCCCCCCCCCCCCCCCC#CC#CC(=O)SCCNC(=O)CCNC(=O)C(O)C(C)(C)COP(=O)(O)OP(=O)(O)OC[C@H]1O[C@@H](n2cnc3c(N)ncnc32)[C@H](O)[C@@H]1OP(=O)(O)O. The monoisotopic (exact) mass is 1120 g/mol. The number of nitrogen functional groups attached to an aromatic ring is 1. The Morgan fingerprint density at radius 2 is 1.42 bits per heavy atom. The number of nitrogens with two attached hydrogens (primary N) is 1. The largest absolute Gasteiger partial charge is 0.481 e. The van der Waals surface area contributed by atoms with Gasteiger partial charge in [0.05, 0.1) is 19.5 Å². The number of phosphoric ester groups is 3. The molecule has 3 rings (SSSR count). The fourth-order valence-electron chi connectivity index (χ4n) is 7.61. The van der Waals surface area contributed by atoms with Crippen molar-refractivity contribution >= 4 is 69.1 Å². The number of aliphatic hydroxyl groups excluding tert-OH is 2. The Morgan fingerprint density at radius 1 is 0.838 bits per heavy atom. The predicted molar refractivity (Wildman–Crippen MR) is 276 cm³/mol. The van der Waals surface area contributed by atoms with Crippen molar-refractivity contribution in [2.24, 2.45) is 5.41 Å². The molecule has 0 saturated carbocycles. The molecular weight excluding hydrogens is 1050 g/mol. The highest BCUT2D eigenvalue weighted by Crippen LogP contribution is 2.61. The van der Waals surface area contributed by atoms with E-state index < -0.39 is 89.7 Å². The molecule has 0 bridgehead atoms. The summed E-state index contributed by atoms with van der Waals surface area (Å²) in [6.07, 6.45) is 17.4. The maximum Gasteiger partial charge on any atom is 0.481 e. The molecule has 1 fully saturated rings. The van der Waals surface area contributed by atoms with E-state index in [1.54, 1.807) is 0 Å². The van der Waals surface area contributed by atoms with Gasteiger partial charge in [-0.05, 0) is 24.2 Å². The van der Waals surface area contributed by atoms with Gasteiger partial charge in [-0.2, -0.15) is 4.31 Å².